The molecule has 1 aliphatic rings. The number of nitrogens with one attached hydrogen (secondary N) is 1. The highest BCUT2D eigenvalue weighted by atomic mass is 16.5. The second-order valence-corrected chi connectivity index (χ2v) is 5.56. The zero-order valence-electron chi connectivity index (χ0n) is 12.1. The largest absolute Gasteiger partial charge is 0.383 e. The Balaban J connectivity index is 1.70. The van der Waals surface area contributed by atoms with Gasteiger partial charge in [-0.1, -0.05) is 30.3 Å². The van der Waals surface area contributed by atoms with Crippen LogP contribution in [-0.2, 0) is 11.3 Å². The third kappa shape index (κ3) is 4.94. The van der Waals surface area contributed by atoms with Crippen molar-refractivity contribution in [1.29, 1.82) is 0 Å². The summed E-state index contributed by atoms with van der Waals surface area (Å²) in [5.41, 5.74) is 1.42. The lowest BCUT2D eigenvalue weighted by Gasteiger charge is -2.33. The van der Waals surface area contributed by atoms with Crippen LogP contribution in [0.3, 0.4) is 0 Å². The highest BCUT2D eigenvalue weighted by molar-refractivity contribution is 5.14. The average molecular weight is 262 g/mol. The molecule has 3 heteroatoms. The maximum atomic E-state index is 5.17. The summed E-state index contributed by atoms with van der Waals surface area (Å²) < 4.78 is 5.17. The van der Waals surface area contributed by atoms with Gasteiger partial charge in [-0.15, -0.1) is 0 Å². The van der Waals surface area contributed by atoms with Gasteiger partial charge in [0.25, 0.3) is 0 Å². The monoisotopic (exact) mass is 262 g/mol. The molecule has 1 heterocycles. The summed E-state index contributed by atoms with van der Waals surface area (Å²) in [6.07, 6.45) is 2.47. The highest BCUT2D eigenvalue weighted by Gasteiger charge is 2.20. The van der Waals surface area contributed by atoms with Crippen LogP contribution < -0.4 is 5.32 Å². The Morgan fingerprint density at radius 2 is 1.95 bits per heavy atom. The molecule has 0 bridgehead atoms. The Morgan fingerprint density at radius 3 is 2.58 bits per heavy atom. The van der Waals surface area contributed by atoms with Crippen molar-refractivity contribution in [3.05, 3.63) is 35.9 Å². The van der Waals surface area contributed by atoms with Gasteiger partial charge in [-0.2, -0.15) is 0 Å². The maximum absolute atomic E-state index is 5.17. The van der Waals surface area contributed by atoms with Crippen LogP contribution in [0.1, 0.15) is 25.3 Å². The van der Waals surface area contributed by atoms with Crippen LogP contribution in [0.2, 0.25) is 0 Å². The van der Waals surface area contributed by atoms with Crippen LogP contribution >= 0.6 is 0 Å². The fraction of sp³-hybridized carbons (Fsp3) is 0.625. The molecule has 1 aromatic carbocycles. The van der Waals surface area contributed by atoms with Gasteiger partial charge in [-0.05, 0) is 38.4 Å². The smallest absolute Gasteiger partial charge is 0.0613 e. The first-order valence-electron chi connectivity index (χ1n) is 7.29. The van der Waals surface area contributed by atoms with Crippen LogP contribution in [0.5, 0.6) is 0 Å². The van der Waals surface area contributed by atoms with Gasteiger partial charge in [-0.25, -0.2) is 0 Å². The van der Waals surface area contributed by atoms with Gasteiger partial charge in [0.15, 0.2) is 0 Å². The Kier molecular flexibility index (Phi) is 5.83. The lowest BCUT2D eigenvalue weighted by atomic mass is 10.0. The second kappa shape index (κ2) is 7.63. The first-order chi connectivity index (χ1) is 9.28. The molecular weight excluding hydrogens is 236 g/mol. The number of likely N-dealkylation sites (tertiary alicyclic amines) is 1. The second-order valence-electron chi connectivity index (χ2n) is 5.56. The summed E-state index contributed by atoms with van der Waals surface area (Å²) in [7, 11) is 1.76. The zero-order valence-corrected chi connectivity index (χ0v) is 12.1. The summed E-state index contributed by atoms with van der Waals surface area (Å²) in [6.45, 7) is 6.45. The lowest BCUT2D eigenvalue weighted by molar-refractivity contribution is 0.145. The third-order valence-electron chi connectivity index (χ3n) is 3.77. The molecule has 1 atom stereocenters. The van der Waals surface area contributed by atoms with Crippen molar-refractivity contribution >= 4 is 0 Å². The van der Waals surface area contributed by atoms with E-state index in [0.717, 1.165) is 13.2 Å². The Morgan fingerprint density at radius 1 is 1.26 bits per heavy atom. The van der Waals surface area contributed by atoms with Crippen molar-refractivity contribution in [2.75, 3.05) is 26.8 Å². The number of rotatable bonds is 6. The number of hydrogen-bond donors (Lipinski definition) is 1. The number of ether oxygens (including phenoxy) is 1. The Bertz CT molecular complexity index is 347. The fourth-order valence-corrected chi connectivity index (χ4v) is 2.80. The van der Waals surface area contributed by atoms with E-state index in [1.165, 1.54) is 31.5 Å². The Labute approximate surface area is 116 Å². The zero-order chi connectivity index (χ0) is 13.5. The number of nitrogens with zero attached hydrogens (tertiary/aromatic N) is 1. The van der Waals surface area contributed by atoms with Gasteiger partial charge >= 0.3 is 0 Å². The molecule has 0 spiro atoms. The van der Waals surface area contributed by atoms with Gasteiger partial charge in [0.1, 0.15) is 0 Å². The van der Waals surface area contributed by atoms with E-state index in [9.17, 15) is 0 Å². The van der Waals surface area contributed by atoms with Crippen molar-refractivity contribution in [2.24, 2.45) is 0 Å². The molecule has 1 aliphatic heterocycles. The molecule has 0 aromatic heterocycles. The van der Waals surface area contributed by atoms with E-state index >= 15 is 0 Å². The van der Waals surface area contributed by atoms with Crippen LogP contribution in [0, 0.1) is 0 Å². The molecule has 0 aliphatic carbocycles. The van der Waals surface area contributed by atoms with Gasteiger partial charge in [0, 0.05) is 25.7 Å². The molecule has 1 N–H and O–H groups in total. The summed E-state index contributed by atoms with van der Waals surface area (Å²) in [5, 5.41) is 3.65. The molecular formula is C16H26N2O. The lowest BCUT2D eigenvalue weighted by Crippen LogP contribution is -2.46. The van der Waals surface area contributed by atoms with E-state index in [-0.39, 0.29) is 0 Å². The number of hydrogen-bond acceptors (Lipinski definition) is 3. The molecule has 106 valence electrons. The van der Waals surface area contributed by atoms with Crippen LogP contribution in [0.4, 0.5) is 0 Å². The number of piperidine rings is 1. The summed E-state index contributed by atoms with van der Waals surface area (Å²) in [5.74, 6) is 0. The summed E-state index contributed by atoms with van der Waals surface area (Å²) in [6, 6.07) is 11.9. The molecule has 2 rings (SSSR count). The number of methoxy groups -OCH3 is 1. The molecule has 0 amide bonds. The summed E-state index contributed by atoms with van der Waals surface area (Å²) in [4.78, 5) is 2.55. The van der Waals surface area contributed by atoms with Gasteiger partial charge in [-0.3, -0.25) is 4.90 Å². The minimum absolute atomic E-state index is 0.454. The van der Waals surface area contributed by atoms with E-state index in [1.807, 2.05) is 0 Å². The van der Waals surface area contributed by atoms with Crippen molar-refractivity contribution in [2.45, 2.75) is 38.4 Å². The fourth-order valence-electron chi connectivity index (χ4n) is 2.80. The minimum Gasteiger partial charge on any atom is -0.383 e. The van der Waals surface area contributed by atoms with Gasteiger partial charge < -0.3 is 10.1 Å². The predicted molar refractivity (Wildman–Crippen MR) is 79.2 cm³/mol. The minimum atomic E-state index is 0.454. The molecule has 1 fully saturated rings. The normalized spacial score (nSPS) is 19.5. The molecule has 3 nitrogen and oxygen atoms in total. The van der Waals surface area contributed by atoms with Gasteiger partial charge in [0.05, 0.1) is 6.61 Å². The maximum Gasteiger partial charge on any atom is 0.0613 e. The van der Waals surface area contributed by atoms with Crippen LogP contribution in [0.15, 0.2) is 30.3 Å². The third-order valence-corrected chi connectivity index (χ3v) is 3.77. The van der Waals surface area contributed by atoms with Crippen molar-refractivity contribution in [1.82, 2.24) is 10.2 Å². The molecule has 0 radical (unpaired) electrons. The van der Waals surface area contributed by atoms with Crippen LogP contribution in [-0.4, -0.2) is 43.8 Å². The first kappa shape index (κ1) is 14.5. The Hall–Kier alpha value is -0.900. The van der Waals surface area contributed by atoms with E-state index in [0.29, 0.717) is 12.1 Å². The number of benzene rings is 1. The standard InChI is InChI=1S/C16H26N2O/c1-14(13-19-2)17-16-8-10-18(11-9-16)12-15-6-4-3-5-7-15/h3-7,14,16-17H,8-13H2,1-2H3. The van der Waals surface area contributed by atoms with E-state index < -0.39 is 0 Å². The van der Waals surface area contributed by atoms with E-state index in [4.69, 9.17) is 4.74 Å². The van der Waals surface area contributed by atoms with Gasteiger partial charge in [0.2, 0.25) is 0 Å². The SMILES string of the molecule is COCC(C)NC1CCN(Cc2ccccc2)CC1. The van der Waals surface area contributed by atoms with Crippen LogP contribution in [0.25, 0.3) is 0 Å². The van der Waals surface area contributed by atoms with Crippen molar-refractivity contribution < 1.29 is 4.74 Å². The highest BCUT2D eigenvalue weighted by Crippen LogP contribution is 2.14. The first-order valence-corrected chi connectivity index (χ1v) is 7.29. The molecule has 0 saturated carbocycles. The molecule has 1 unspecified atom stereocenters. The van der Waals surface area contributed by atoms with E-state index in [2.05, 4.69) is 47.5 Å². The average Bonchev–Trinajstić information content (AvgIpc) is 2.42. The van der Waals surface area contributed by atoms with Crippen molar-refractivity contribution in [3.63, 3.8) is 0 Å². The molecule has 19 heavy (non-hydrogen) atoms. The molecule has 1 aromatic rings. The quantitative estimate of drug-likeness (QED) is 0.851. The topological polar surface area (TPSA) is 24.5 Å². The predicted octanol–water partition coefficient (Wildman–Crippen LogP) is 2.28. The van der Waals surface area contributed by atoms with Crippen molar-refractivity contribution in [3.8, 4) is 0 Å². The molecule has 1 saturated heterocycles. The van der Waals surface area contributed by atoms with E-state index in [1.54, 1.807) is 7.11 Å². The summed E-state index contributed by atoms with van der Waals surface area (Å²) >= 11 is 0.